The number of methoxy groups -OCH3 is 1. The highest BCUT2D eigenvalue weighted by Gasteiger charge is 2.51. The number of Topliss-reactive ketones (excluding diaryl/α,β-unsaturated/α-hetero) is 2. The first-order valence-electron chi connectivity index (χ1n) is 11.1. The Morgan fingerprint density at radius 2 is 1.70 bits per heavy atom. The van der Waals surface area contributed by atoms with Crippen LogP contribution in [0.1, 0.15) is 28.4 Å². The van der Waals surface area contributed by atoms with Crippen molar-refractivity contribution in [1.82, 2.24) is 9.80 Å². The second-order valence-corrected chi connectivity index (χ2v) is 8.67. The predicted molar refractivity (Wildman–Crippen MR) is 124 cm³/mol. The number of benzene rings is 2. The van der Waals surface area contributed by atoms with Crippen LogP contribution in [0, 0.1) is 5.92 Å². The van der Waals surface area contributed by atoms with Gasteiger partial charge in [-0.15, -0.1) is 0 Å². The van der Waals surface area contributed by atoms with Crippen molar-refractivity contribution in [2.75, 3.05) is 46.5 Å². The highest BCUT2D eigenvalue weighted by atomic mass is 35.5. The van der Waals surface area contributed by atoms with Crippen LogP contribution in [0.25, 0.3) is 0 Å². The number of ether oxygens (including phenoxy) is 2. The van der Waals surface area contributed by atoms with Crippen LogP contribution in [0.5, 0.6) is 5.75 Å². The van der Waals surface area contributed by atoms with Gasteiger partial charge in [0, 0.05) is 36.8 Å². The molecule has 2 aliphatic heterocycles. The summed E-state index contributed by atoms with van der Waals surface area (Å²) < 4.78 is 10.5. The highest BCUT2D eigenvalue weighted by Crippen LogP contribution is 2.38. The summed E-state index contributed by atoms with van der Waals surface area (Å²) in [5.74, 6) is -2.13. The van der Waals surface area contributed by atoms with E-state index in [4.69, 9.17) is 21.1 Å². The molecule has 8 heteroatoms. The predicted octanol–water partition coefficient (Wildman–Crippen LogP) is 3.02. The van der Waals surface area contributed by atoms with Gasteiger partial charge < -0.3 is 14.4 Å². The molecule has 33 heavy (non-hydrogen) atoms. The van der Waals surface area contributed by atoms with Crippen molar-refractivity contribution in [3.8, 4) is 5.75 Å². The molecule has 0 aromatic heterocycles. The number of amides is 1. The number of morpholine rings is 1. The van der Waals surface area contributed by atoms with Crippen molar-refractivity contribution >= 4 is 29.1 Å². The van der Waals surface area contributed by atoms with E-state index in [1.807, 2.05) is 0 Å². The molecule has 0 aliphatic carbocycles. The number of hydrogen-bond donors (Lipinski definition) is 0. The maximum Gasteiger partial charge on any atom is 0.291 e. The van der Waals surface area contributed by atoms with Gasteiger partial charge in [0.2, 0.25) is 5.78 Å². The Morgan fingerprint density at radius 1 is 1.03 bits per heavy atom. The summed E-state index contributed by atoms with van der Waals surface area (Å²) in [7, 11) is 1.54. The lowest BCUT2D eigenvalue weighted by molar-refractivity contribution is -0.140. The summed E-state index contributed by atoms with van der Waals surface area (Å²) in [5, 5.41) is 0.547. The van der Waals surface area contributed by atoms with Gasteiger partial charge >= 0.3 is 0 Å². The molecule has 0 spiro atoms. The van der Waals surface area contributed by atoms with Crippen molar-refractivity contribution < 1.29 is 23.9 Å². The number of carbonyl (C=O) groups excluding carboxylic acids is 3. The monoisotopic (exact) mass is 470 g/mol. The van der Waals surface area contributed by atoms with E-state index in [1.54, 1.807) is 60.5 Å². The van der Waals surface area contributed by atoms with Crippen molar-refractivity contribution in [2.24, 2.45) is 5.92 Å². The lowest BCUT2D eigenvalue weighted by atomic mass is 9.86. The molecule has 0 saturated carbocycles. The third-order valence-electron chi connectivity index (χ3n) is 6.25. The van der Waals surface area contributed by atoms with E-state index in [1.165, 1.54) is 0 Å². The minimum Gasteiger partial charge on any atom is -0.497 e. The minimum absolute atomic E-state index is 0.369. The van der Waals surface area contributed by atoms with Gasteiger partial charge in [0.25, 0.3) is 5.91 Å². The highest BCUT2D eigenvalue weighted by molar-refractivity contribution is 6.44. The zero-order chi connectivity index (χ0) is 23.4. The topological polar surface area (TPSA) is 76.2 Å². The molecule has 0 radical (unpaired) electrons. The fourth-order valence-electron chi connectivity index (χ4n) is 4.48. The van der Waals surface area contributed by atoms with Crippen LogP contribution in [0.2, 0.25) is 5.02 Å². The smallest absolute Gasteiger partial charge is 0.291 e. The summed E-state index contributed by atoms with van der Waals surface area (Å²) in [6.07, 6.45) is 0.701. The standard InChI is InChI=1S/C25H27ClN2O5/c1-32-20-9-5-18(6-10-20)23(29)21-22(17-3-7-19(26)8-4-17)28(25(31)24(21)30)12-2-11-27-13-15-33-16-14-27/h3-10,21-22H,2,11-16H2,1H3. The van der Waals surface area contributed by atoms with E-state index in [2.05, 4.69) is 4.90 Å². The molecule has 174 valence electrons. The molecule has 4 rings (SSSR count). The first-order valence-corrected chi connectivity index (χ1v) is 11.5. The van der Waals surface area contributed by atoms with Gasteiger partial charge in [0.15, 0.2) is 5.78 Å². The summed E-state index contributed by atoms with van der Waals surface area (Å²) in [5.41, 5.74) is 1.09. The largest absolute Gasteiger partial charge is 0.497 e. The summed E-state index contributed by atoms with van der Waals surface area (Å²) in [4.78, 5) is 43.4. The molecule has 7 nitrogen and oxygen atoms in total. The van der Waals surface area contributed by atoms with Crippen LogP contribution in [-0.4, -0.2) is 73.8 Å². The molecule has 2 aromatic carbocycles. The number of halogens is 1. The van der Waals surface area contributed by atoms with Crippen LogP contribution in [0.15, 0.2) is 48.5 Å². The Labute approximate surface area is 198 Å². The molecule has 2 heterocycles. The Bertz CT molecular complexity index is 1000. The second kappa shape index (κ2) is 10.5. The normalized spacial score (nSPS) is 21.5. The van der Waals surface area contributed by atoms with Gasteiger partial charge in [-0.3, -0.25) is 19.3 Å². The number of rotatable bonds is 8. The second-order valence-electron chi connectivity index (χ2n) is 8.24. The summed E-state index contributed by atoms with van der Waals surface area (Å²) in [6, 6.07) is 12.9. The van der Waals surface area contributed by atoms with Crippen LogP contribution < -0.4 is 4.74 Å². The van der Waals surface area contributed by atoms with Gasteiger partial charge in [-0.2, -0.15) is 0 Å². The van der Waals surface area contributed by atoms with Gasteiger partial charge in [-0.1, -0.05) is 23.7 Å². The average Bonchev–Trinajstić information content (AvgIpc) is 3.10. The maximum absolute atomic E-state index is 13.4. The third-order valence-corrected chi connectivity index (χ3v) is 6.50. The van der Waals surface area contributed by atoms with E-state index in [0.717, 1.165) is 25.2 Å². The van der Waals surface area contributed by atoms with E-state index in [-0.39, 0.29) is 5.78 Å². The molecule has 1 amide bonds. The number of likely N-dealkylation sites (tertiary alicyclic amines) is 1. The summed E-state index contributed by atoms with van der Waals surface area (Å²) in [6.45, 7) is 4.30. The van der Waals surface area contributed by atoms with E-state index >= 15 is 0 Å². The van der Waals surface area contributed by atoms with Gasteiger partial charge in [0.05, 0.1) is 26.4 Å². The van der Waals surface area contributed by atoms with Crippen LogP contribution in [0.4, 0.5) is 0 Å². The van der Waals surface area contributed by atoms with Crippen LogP contribution in [-0.2, 0) is 14.3 Å². The van der Waals surface area contributed by atoms with Gasteiger partial charge in [-0.05, 0) is 48.4 Å². The lowest BCUT2D eigenvalue weighted by Crippen LogP contribution is -2.39. The molecule has 2 unspecified atom stereocenters. The molecule has 2 aliphatic rings. The molecule has 2 fully saturated rings. The zero-order valence-electron chi connectivity index (χ0n) is 18.5. The Hall–Kier alpha value is -2.74. The Morgan fingerprint density at radius 3 is 2.33 bits per heavy atom. The van der Waals surface area contributed by atoms with Crippen molar-refractivity contribution in [1.29, 1.82) is 0 Å². The Balaban J connectivity index is 1.59. The molecular weight excluding hydrogens is 444 g/mol. The van der Waals surface area contributed by atoms with Crippen molar-refractivity contribution in [3.63, 3.8) is 0 Å². The first-order chi connectivity index (χ1) is 16.0. The molecule has 2 atom stereocenters. The van der Waals surface area contributed by atoms with Crippen LogP contribution in [0.3, 0.4) is 0 Å². The van der Waals surface area contributed by atoms with Crippen molar-refractivity contribution in [2.45, 2.75) is 12.5 Å². The number of carbonyl (C=O) groups is 3. The van der Waals surface area contributed by atoms with E-state index in [9.17, 15) is 14.4 Å². The number of hydrogen-bond acceptors (Lipinski definition) is 6. The van der Waals surface area contributed by atoms with E-state index < -0.39 is 23.7 Å². The van der Waals surface area contributed by atoms with Gasteiger partial charge in [-0.25, -0.2) is 0 Å². The lowest BCUT2D eigenvalue weighted by Gasteiger charge is -2.30. The summed E-state index contributed by atoms with van der Waals surface area (Å²) >= 11 is 6.06. The minimum atomic E-state index is -1.10. The fraction of sp³-hybridized carbons (Fsp3) is 0.400. The SMILES string of the molecule is COc1ccc(C(=O)C2C(=O)C(=O)N(CCCN3CCOCC3)C2c2ccc(Cl)cc2)cc1. The molecule has 0 N–H and O–H groups in total. The number of nitrogens with zero attached hydrogens (tertiary/aromatic N) is 2. The molecular formula is C25H27ClN2O5. The number of ketones is 2. The van der Waals surface area contributed by atoms with E-state index in [0.29, 0.717) is 42.5 Å². The zero-order valence-corrected chi connectivity index (χ0v) is 19.3. The fourth-order valence-corrected chi connectivity index (χ4v) is 4.61. The average molecular weight is 471 g/mol. The molecule has 2 aromatic rings. The molecule has 2 saturated heterocycles. The van der Waals surface area contributed by atoms with Gasteiger partial charge in [0.1, 0.15) is 11.7 Å². The van der Waals surface area contributed by atoms with Crippen LogP contribution >= 0.6 is 11.6 Å². The maximum atomic E-state index is 13.4. The Kier molecular flexibility index (Phi) is 7.42. The quantitative estimate of drug-likeness (QED) is 0.335. The van der Waals surface area contributed by atoms with Crippen molar-refractivity contribution in [3.05, 3.63) is 64.7 Å². The first kappa shape index (κ1) is 23.4. The third kappa shape index (κ3) is 5.11. The molecule has 0 bridgehead atoms.